The molecule has 24 heavy (non-hydrogen) atoms. The fraction of sp³-hybridized carbons (Fsp3) is 0.421. The lowest BCUT2D eigenvalue weighted by atomic mass is 10.0. The predicted octanol–water partition coefficient (Wildman–Crippen LogP) is 2.60. The van der Waals surface area contributed by atoms with Gasteiger partial charge in [0.2, 0.25) is 0 Å². The van der Waals surface area contributed by atoms with Crippen LogP contribution in [-0.2, 0) is 6.54 Å². The van der Waals surface area contributed by atoms with Crippen molar-refractivity contribution in [3.05, 3.63) is 59.9 Å². The van der Waals surface area contributed by atoms with Crippen LogP contribution in [0, 0.1) is 0 Å². The van der Waals surface area contributed by atoms with E-state index in [4.69, 9.17) is 0 Å². The van der Waals surface area contributed by atoms with Crippen molar-refractivity contribution in [1.29, 1.82) is 0 Å². The van der Waals surface area contributed by atoms with Crippen LogP contribution in [0.15, 0.2) is 48.8 Å². The van der Waals surface area contributed by atoms with Gasteiger partial charge < -0.3 is 4.90 Å². The summed E-state index contributed by atoms with van der Waals surface area (Å²) in [6, 6.07) is 12.7. The van der Waals surface area contributed by atoms with Crippen LogP contribution in [0.3, 0.4) is 0 Å². The smallest absolute Gasteiger partial charge is 0.255 e. The number of benzene rings is 1. The van der Waals surface area contributed by atoms with Crippen molar-refractivity contribution in [1.82, 2.24) is 20.0 Å². The molecule has 126 valence electrons. The monoisotopic (exact) mass is 324 g/mol. The minimum Gasteiger partial charge on any atom is -0.336 e. The number of piperazine rings is 1. The van der Waals surface area contributed by atoms with Crippen molar-refractivity contribution < 1.29 is 4.79 Å². The molecule has 5 heteroatoms. The van der Waals surface area contributed by atoms with Gasteiger partial charge in [-0.2, -0.15) is 10.2 Å². The minimum absolute atomic E-state index is 0.0605. The quantitative estimate of drug-likeness (QED) is 0.848. The number of carbonyl (C=O) groups is 1. The number of rotatable bonds is 5. The zero-order valence-corrected chi connectivity index (χ0v) is 14.1. The van der Waals surface area contributed by atoms with Gasteiger partial charge in [-0.25, -0.2) is 0 Å². The molecule has 1 aromatic carbocycles. The maximum Gasteiger partial charge on any atom is 0.255 e. The van der Waals surface area contributed by atoms with Crippen LogP contribution in [0.5, 0.6) is 0 Å². The maximum atomic E-state index is 12.7. The van der Waals surface area contributed by atoms with Gasteiger partial charge in [-0.1, -0.05) is 43.7 Å². The van der Waals surface area contributed by atoms with E-state index >= 15 is 0 Å². The van der Waals surface area contributed by atoms with E-state index in [0.29, 0.717) is 11.6 Å². The Balaban J connectivity index is 1.68. The summed E-state index contributed by atoms with van der Waals surface area (Å²) < 4.78 is 0. The fourth-order valence-electron chi connectivity index (χ4n) is 3.31. The van der Waals surface area contributed by atoms with E-state index < -0.39 is 0 Å². The zero-order valence-electron chi connectivity index (χ0n) is 14.1. The minimum atomic E-state index is 0.0605. The lowest BCUT2D eigenvalue weighted by Gasteiger charge is -2.41. The topological polar surface area (TPSA) is 49.3 Å². The second-order valence-electron chi connectivity index (χ2n) is 6.28. The Kier molecular flexibility index (Phi) is 5.54. The highest BCUT2D eigenvalue weighted by Crippen LogP contribution is 2.19. The molecule has 0 N–H and O–H groups in total. The van der Waals surface area contributed by atoms with Gasteiger partial charge in [0.05, 0.1) is 18.0 Å². The highest BCUT2D eigenvalue weighted by molar-refractivity contribution is 5.93. The number of hydrogen-bond acceptors (Lipinski definition) is 4. The highest BCUT2D eigenvalue weighted by Gasteiger charge is 2.29. The molecule has 0 bridgehead atoms. The van der Waals surface area contributed by atoms with Crippen molar-refractivity contribution >= 4 is 5.91 Å². The third-order valence-electron chi connectivity index (χ3n) is 4.57. The Morgan fingerprint density at radius 2 is 2.00 bits per heavy atom. The van der Waals surface area contributed by atoms with Gasteiger partial charge in [-0.05, 0) is 18.1 Å². The first-order valence-electron chi connectivity index (χ1n) is 8.62. The van der Waals surface area contributed by atoms with Gasteiger partial charge in [0.15, 0.2) is 0 Å². The standard InChI is InChI=1S/C19H24N4O/c1-2-6-18-15-23(19(24)17-9-10-20-21-13-17)12-11-22(18)14-16-7-4-3-5-8-16/h3-5,7-10,13,18H,2,6,11-12,14-15H2,1H3. The van der Waals surface area contributed by atoms with Crippen LogP contribution in [0.4, 0.5) is 0 Å². The second kappa shape index (κ2) is 8.02. The van der Waals surface area contributed by atoms with E-state index in [2.05, 4.69) is 46.3 Å². The fourth-order valence-corrected chi connectivity index (χ4v) is 3.31. The molecule has 2 heterocycles. The highest BCUT2D eigenvalue weighted by atomic mass is 16.2. The molecule has 1 fully saturated rings. The summed E-state index contributed by atoms with van der Waals surface area (Å²) in [6.45, 7) is 5.60. The first-order chi connectivity index (χ1) is 11.8. The largest absolute Gasteiger partial charge is 0.336 e. The molecule has 1 unspecified atom stereocenters. The van der Waals surface area contributed by atoms with Crippen molar-refractivity contribution in [2.75, 3.05) is 19.6 Å². The average Bonchev–Trinajstić information content (AvgIpc) is 2.64. The Morgan fingerprint density at radius 3 is 2.71 bits per heavy atom. The van der Waals surface area contributed by atoms with Crippen LogP contribution < -0.4 is 0 Å². The van der Waals surface area contributed by atoms with Crippen molar-refractivity contribution in [2.24, 2.45) is 0 Å². The molecular weight excluding hydrogens is 300 g/mol. The van der Waals surface area contributed by atoms with Gasteiger partial charge >= 0.3 is 0 Å². The van der Waals surface area contributed by atoms with Crippen molar-refractivity contribution in [3.8, 4) is 0 Å². The van der Waals surface area contributed by atoms with Gasteiger partial charge in [0.25, 0.3) is 5.91 Å². The molecule has 5 nitrogen and oxygen atoms in total. The second-order valence-corrected chi connectivity index (χ2v) is 6.28. The van der Waals surface area contributed by atoms with Crippen molar-refractivity contribution in [3.63, 3.8) is 0 Å². The number of hydrogen-bond donors (Lipinski definition) is 0. The van der Waals surface area contributed by atoms with Gasteiger partial charge in [-0.3, -0.25) is 9.69 Å². The van der Waals surface area contributed by atoms with E-state index in [1.807, 2.05) is 11.0 Å². The molecule has 0 saturated carbocycles. The summed E-state index contributed by atoms with van der Waals surface area (Å²) >= 11 is 0. The van der Waals surface area contributed by atoms with Crippen LogP contribution in [-0.4, -0.2) is 51.6 Å². The summed E-state index contributed by atoms with van der Waals surface area (Å²) in [5.74, 6) is 0.0605. The molecule has 3 rings (SSSR count). The van der Waals surface area contributed by atoms with E-state index in [-0.39, 0.29) is 5.91 Å². The molecule has 1 aromatic heterocycles. The summed E-state index contributed by atoms with van der Waals surface area (Å²) in [7, 11) is 0. The SMILES string of the molecule is CCCC1CN(C(=O)c2ccnnc2)CCN1Cc1ccccc1. The van der Waals surface area contributed by atoms with Crippen LogP contribution in [0.1, 0.15) is 35.7 Å². The summed E-state index contributed by atoms with van der Waals surface area (Å²) in [4.78, 5) is 17.1. The normalized spacial score (nSPS) is 18.5. The third-order valence-corrected chi connectivity index (χ3v) is 4.57. The lowest BCUT2D eigenvalue weighted by molar-refractivity contribution is 0.0437. The molecule has 1 aliphatic rings. The Bertz CT molecular complexity index is 647. The Labute approximate surface area is 143 Å². The molecule has 0 aliphatic carbocycles. The van der Waals surface area contributed by atoms with E-state index in [1.54, 1.807) is 18.5 Å². The Hall–Kier alpha value is -2.27. The van der Waals surface area contributed by atoms with Gasteiger partial charge in [-0.15, -0.1) is 0 Å². The molecule has 1 saturated heterocycles. The molecule has 1 atom stereocenters. The molecule has 2 aromatic rings. The number of carbonyl (C=O) groups excluding carboxylic acids is 1. The van der Waals surface area contributed by atoms with Gasteiger partial charge in [0, 0.05) is 32.2 Å². The molecule has 1 amide bonds. The third kappa shape index (κ3) is 3.97. The van der Waals surface area contributed by atoms with Crippen LogP contribution >= 0.6 is 0 Å². The van der Waals surface area contributed by atoms with Crippen LogP contribution in [0.25, 0.3) is 0 Å². The van der Waals surface area contributed by atoms with E-state index in [9.17, 15) is 4.79 Å². The lowest BCUT2D eigenvalue weighted by Crippen LogP contribution is -2.54. The molecule has 0 spiro atoms. The van der Waals surface area contributed by atoms with E-state index in [1.165, 1.54) is 5.56 Å². The molecule has 0 radical (unpaired) electrons. The molecular formula is C19H24N4O. The number of amides is 1. The summed E-state index contributed by atoms with van der Waals surface area (Å²) in [5.41, 5.74) is 1.95. The summed E-state index contributed by atoms with van der Waals surface area (Å²) in [5, 5.41) is 7.57. The van der Waals surface area contributed by atoms with Crippen molar-refractivity contribution in [2.45, 2.75) is 32.4 Å². The average molecular weight is 324 g/mol. The first kappa shape index (κ1) is 16.6. The summed E-state index contributed by atoms with van der Waals surface area (Å²) in [6.07, 6.45) is 5.34. The first-order valence-corrected chi connectivity index (χ1v) is 8.62. The maximum absolute atomic E-state index is 12.7. The predicted molar refractivity (Wildman–Crippen MR) is 93.5 cm³/mol. The number of aromatic nitrogens is 2. The van der Waals surface area contributed by atoms with E-state index in [0.717, 1.165) is 39.0 Å². The molecule has 1 aliphatic heterocycles. The number of nitrogens with zero attached hydrogens (tertiary/aromatic N) is 4. The van der Waals surface area contributed by atoms with Gasteiger partial charge in [0.1, 0.15) is 0 Å². The van der Waals surface area contributed by atoms with Crippen LogP contribution in [0.2, 0.25) is 0 Å². The zero-order chi connectivity index (χ0) is 16.8. The Morgan fingerprint density at radius 1 is 1.17 bits per heavy atom.